The first-order chi connectivity index (χ1) is 11.1. The second-order valence-electron chi connectivity index (χ2n) is 6.46. The van der Waals surface area contributed by atoms with Crippen LogP contribution in [0.1, 0.15) is 48.2 Å². The van der Waals surface area contributed by atoms with Gasteiger partial charge in [0.1, 0.15) is 6.07 Å². The standard InChI is InChI=1S/C20H23N3/c1-14-12-15(2)22-20(19(14)13-21)18-8-6-17(7-9-18)16(3)23-10-4-5-11-23/h6-9,12,16H,4-5,10-11H2,1-3H3/t16-/m1/s1. The molecule has 23 heavy (non-hydrogen) atoms. The zero-order valence-electron chi connectivity index (χ0n) is 14.1. The van der Waals surface area contributed by atoms with Crippen LogP contribution in [0, 0.1) is 25.2 Å². The number of aryl methyl sites for hydroxylation is 2. The third-order valence-electron chi connectivity index (χ3n) is 4.81. The Balaban J connectivity index is 1.92. The third kappa shape index (κ3) is 3.13. The molecule has 0 bridgehead atoms. The molecule has 2 aromatic rings. The quantitative estimate of drug-likeness (QED) is 0.844. The molecule has 0 spiro atoms. The lowest BCUT2D eigenvalue weighted by Gasteiger charge is -2.24. The van der Waals surface area contributed by atoms with Crippen molar-refractivity contribution in [1.82, 2.24) is 9.88 Å². The maximum absolute atomic E-state index is 9.44. The van der Waals surface area contributed by atoms with E-state index in [-0.39, 0.29) is 0 Å². The zero-order chi connectivity index (χ0) is 16.4. The second-order valence-corrected chi connectivity index (χ2v) is 6.46. The van der Waals surface area contributed by atoms with Crippen molar-refractivity contribution in [2.45, 2.75) is 39.7 Å². The van der Waals surface area contributed by atoms with Crippen LogP contribution in [0.5, 0.6) is 0 Å². The highest BCUT2D eigenvalue weighted by Gasteiger charge is 2.19. The molecule has 0 N–H and O–H groups in total. The Bertz CT molecular complexity index is 735. The molecule has 3 rings (SSSR count). The molecule has 0 saturated carbocycles. The second kappa shape index (κ2) is 6.52. The topological polar surface area (TPSA) is 39.9 Å². The molecule has 118 valence electrons. The van der Waals surface area contributed by atoms with Crippen molar-refractivity contribution in [3.63, 3.8) is 0 Å². The largest absolute Gasteiger partial charge is 0.297 e. The first kappa shape index (κ1) is 15.7. The fourth-order valence-electron chi connectivity index (χ4n) is 3.45. The predicted octanol–water partition coefficient (Wildman–Crippen LogP) is 4.39. The summed E-state index contributed by atoms with van der Waals surface area (Å²) in [6.07, 6.45) is 2.61. The van der Waals surface area contributed by atoms with Crippen LogP contribution >= 0.6 is 0 Å². The van der Waals surface area contributed by atoms with Crippen molar-refractivity contribution in [2.24, 2.45) is 0 Å². The van der Waals surface area contributed by atoms with Crippen molar-refractivity contribution in [3.8, 4) is 17.3 Å². The summed E-state index contributed by atoms with van der Waals surface area (Å²) in [4.78, 5) is 7.13. The summed E-state index contributed by atoms with van der Waals surface area (Å²) < 4.78 is 0. The number of likely N-dealkylation sites (tertiary alicyclic amines) is 1. The highest BCUT2D eigenvalue weighted by molar-refractivity contribution is 5.68. The summed E-state index contributed by atoms with van der Waals surface area (Å²) in [6.45, 7) is 8.61. The monoisotopic (exact) mass is 305 g/mol. The number of rotatable bonds is 3. The van der Waals surface area contributed by atoms with E-state index in [0.717, 1.165) is 22.5 Å². The molecule has 1 saturated heterocycles. The number of aromatic nitrogens is 1. The summed E-state index contributed by atoms with van der Waals surface area (Å²) >= 11 is 0. The molecule has 0 radical (unpaired) electrons. The van der Waals surface area contributed by atoms with E-state index in [1.165, 1.54) is 31.5 Å². The van der Waals surface area contributed by atoms with Gasteiger partial charge in [-0.05, 0) is 63.9 Å². The van der Waals surface area contributed by atoms with Gasteiger partial charge in [0.15, 0.2) is 0 Å². The Morgan fingerprint density at radius 2 is 1.78 bits per heavy atom. The van der Waals surface area contributed by atoms with Crippen molar-refractivity contribution in [2.75, 3.05) is 13.1 Å². The van der Waals surface area contributed by atoms with Gasteiger partial charge in [-0.3, -0.25) is 9.88 Å². The molecule has 1 fully saturated rings. The van der Waals surface area contributed by atoms with Gasteiger partial charge in [0.25, 0.3) is 0 Å². The van der Waals surface area contributed by atoms with E-state index in [4.69, 9.17) is 0 Å². The van der Waals surface area contributed by atoms with Gasteiger partial charge in [0.05, 0.1) is 11.3 Å². The number of hydrogen-bond acceptors (Lipinski definition) is 3. The summed E-state index contributed by atoms with van der Waals surface area (Å²) in [5, 5.41) is 9.44. The highest BCUT2D eigenvalue weighted by atomic mass is 15.2. The van der Waals surface area contributed by atoms with E-state index in [1.54, 1.807) is 0 Å². The van der Waals surface area contributed by atoms with Gasteiger partial charge in [-0.2, -0.15) is 5.26 Å². The van der Waals surface area contributed by atoms with Crippen molar-refractivity contribution in [3.05, 3.63) is 52.7 Å². The van der Waals surface area contributed by atoms with Gasteiger partial charge in [0, 0.05) is 17.3 Å². The Kier molecular flexibility index (Phi) is 4.45. The molecule has 0 aliphatic carbocycles. The first-order valence-corrected chi connectivity index (χ1v) is 8.33. The smallest absolute Gasteiger partial charge is 0.102 e. The van der Waals surface area contributed by atoms with E-state index < -0.39 is 0 Å². The Morgan fingerprint density at radius 3 is 2.39 bits per heavy atom. The molecule has 2 heterocycles. The molecule has 1 aromatic heterocycles. The molecule has 1 aromatic carbocycles. The number of hydrogen-bond donors (Lipinski definition) is 0. The molecular formula is C20H23N3. The molecule has 1 atom stereocenters. The minimum atomic E-state index is 0.453. The van der Waals surface area contributed by atoms with Crippen LogP contribution in [-0.4, -0.2) is 23.0 Å². The van der Waals surface area contributed by atoms with Crippen molar-refractivity contribution < 1.29 is 0 Å². The number of nitriles is 1. The lowest BCUT2D eigenvalue weighted by atomic mass is 9.99. The minimum Gasteiger partial charge on any atom is -0.297 e. The van der Waals surface area contributed by atoms with Crippen LogP contribution in [0.15, 0.2) is 30.3 Å². The Labute approximate surface area is 138 Å². The number of benzene rings is 1. The van der Waals surface area contributed by atoms with Crippen molar-refractivity contribution >= 4 is 0 Å². The predicted molar refractivity (Wildman–Crippen MR) is 93.1 cm³/mol. The van der Waals surface area contributed by atoms with E-state index in [1.807, 2.05) is 19.9 Å². The lowest BCUT2D eigenvalue weighted by molar-refractivity contribution is 0.263. The average molecular weight is 305 g/mol. The Morgan fingerprint density at radius 1 is 1.13 bits per heavy atom. The van der Waals surface area contributed by atoms with E-state index in [0.29, 0.717) is 11.6 Å². The summed E-state index contributed by atoms with van der Waals surface area (Å²) in [6, 6.07) is 13.3. The number of pyridine rings is 1. The van der Waals surface area contributed by atoms with E-state index >= 15 is 0 Å². The van der Waals surface area contributed by atoms with Crippen LogP contribution in [0.3, 0.4) is 0 Å². The summed E-state index contributed by atoms with van der Waals surface area (Å²) in [5.41, 5.74) is 5.76. The highest BCUT2D eigenvalue weighted by Crippen LogP contribution is 2.28. The summed E-state index contributed by atoms with van der Waals surface area (Å²) in [7, 11) is 0. The number of nitrogens with zero attached hydrogens (tertiary/aromatic N) is 3. The van der Waals surface area contributed by atoms with Crippen molar-refractivity contribution in [1.29, 1.82) is 5.26 Å². The molecule has 0 unspecified atom stereocenters. The van der Waals surface area contributed by atoms with Gasteiger partial charge in [-0.15, -0.1) is 0 Å². The molecule has 3 heteroatoms. The normalized spacial score (nSPS) is 16.3. The van der Waals surface area contributed by atoms with Gasteiger partial charge in [-0.1, -0.05) is 24.3 Å². The fraction of sp³-hybridized carbons (Fsp3) is 0.400. The molecular weight excluding hydrogens is 282 g/mol. The third-order valence-corrected chi connectivity index (χ3v) is 4.81. The zero-order valence-corrected chi connectivity index (χ0v) is 14.1. The van der Waals surface area contributed by atoms with Crippen LogP contribution in [0.2, 0.25) is 0 Å². The van der Waals surface area contributed by atoms with E-state index in [2.05, 4.69) is 47.1 Å². The average Bonchev–Trinajstić information content (AvgIpc) is 3.08. The Hall–Kier alpha value is -2.18. The fourth-order valence-corrected chi connectivity index (χ4v) is 3.45. The SMILES string of the molecule is Cc1cc(C)c(C#N)c(-c2ccc([C@@H](C)N3CCCC3)cc2)n1. The van der Waals surface area contributed by atoms with Crippen LogP contribution in [0.4, 0.5) is 0 Å². The van der Waals surface area contributed by atoms with Crippen LogP contribution in [-0.2, 0) is 0 Å². The molecule has 0 amide bonds. The first-order valence-electron chi connectivity index (χ1n) is 8.33. The molecule has 1 aliphatic heterocycles. The summed E-state index contributed by atoms with van der Waals surface area (Å²) in [5.74, 6) is 0. The van der Waals surface area contributed by atoms with Gasteiger partial charge < -0.3 is 0 Å². The van der Waals surface area contributed by atoms with E-state index in [9.17, 15) is 5.26 Å². The molecule has 3 nitrogen and oxygen atoms in total. The van der Waals surface area contributed by atoms with Gasteiger partial charge in [0.2, 0.25) is 0 Å². The maximum atomic E-state index is 9.44. The lowest BCUT2D eigenvalue weighted by Crippen LogP contribution is -2.23. The van der Waals surface area contributed by atoms with Gasteiger partial charge >= 0.3 is 0 Å². The van der Waals surface area contributed by atoms with Crippen LogP contribution < -0.4 is 0 Å². The van der Waals surface area contributed by atoms with Crippen LogP contribution in [0.25, 0.3) is 11.3 Å². The minimum absolute atomic E-state index is 0.453. The maximum Gasteiger partial charge on any atom is 0.102 e. The van der Waals surface area contributed by atoms with Gasteiger partial charge in [-0.25, -0.2) is 0 Å². The molecule has 1 aliphatic rings.